The van der Waals surface area contributed by atoms with Gasteiger partial charge in [0.2, 0.25) is 0 Å². The van der Waals surface area contributed by atoms with Crippen LogP contribution in [-0.2, 0) is 9.53 Å². The van der Waals surface area contributed by atoms with E-state index in [2.05, 4.69) is 23.7 Å². The first-order valence-electron chi connectivity index (χ1n) is 11.5. The van der Waals surface area contributed by atoms with Crippen molar-refractivity contribution in [3.05, 3.63) is 36.0 Å². The van der Waals surface area contributed by atoms with Gasteiger partial charge in [-0.1, -0.05) is 26.7 Å². The number of carbonyl (C=O) groups is 1. The molecule has 178 valence electrons. The number of nitrogens with zero attached hydrogens (tertiary/aromatic N) is 2. The van der Waals surface area contributed by atoms with E-state index in [1.165, 1.54) is 12.8 Å². The van der Waals surface area contributed by atoms with Crippen molar-refractivity contribution in [1.82, 2.24) is 9.88 Å². The van der Waals surface area contributed by atoms with Crippen LogP contribution in [0.2, 0.25) is 0 Å². The lowest BCUT2D eigenvalue weighted by Crippen LogP contribution is -2.55. The van der Waals surface area contributed by atoms with Gasteiger partial charge in [-0.15, -0.1) is 24.8 Å². The molecule has 3 aliphatic rings. The molecule has 5 unspecified atom stereocenters. The van der Waals surface area contributed by atoms with Crippen LogP contribution in [0.1, 0.15) is 64.0 Å². The molecule has 4 heterocycles. The summed E-state index contributed by atoms with van der Waals surface area (Å²) in [6.45, 7) is 6.61. The van der Waals surface area contributed by atoms with Crippen LogP contribution in [0.3, 0.4) is 0 Å². The highest BCUT2D eigenvalue weighted by Crippen LogP contribution is 2.44. The van der Waals surface area contributed by atoms with Crippen LogP contribution in [-0.4, -0.2) is 42.1 Å². The highest BCUT2D eigenvalue weighted by molar-refractivity contribution is 5.86. The van der Waals surface area contributed by atoms with Gasteiger partial charge in [-0.3, -0.25) is 14.7 Å². The van der Waals surface area contributed by atoms with E-state index in [0.29, 0.717) is 6.42 Å². The van der Waals surface area contributed by atoms with E-state index in [1.54, 1.807) is 7.11 Å². The first-order valence-corrected chi connectivity index (χ1v) is 11.5. The monoisotopic (exact) mass is 482 g/mol. The van der Waals surface area contributed by atoms with Gasteiger partial charge in [0.25, 0.3) is 0 Å². The molecule has 5 atom stereocenters. The van der Waals surface area contributed by atoms with Crippen molar-refractivity contribution in [2.24, 2.45) is 11.8 Å². The summed E-state index contributed by atoms with van der Waals surface area (Å²) in [4.78, 5) is 19.8. The lowest BCUT2D eigenvalue weighted by molar-refractivity contribution is -0.158. The van der Waals surface area contributed by atoms with Crippen molar-refractivity contribution in [3.63, 3.8) is 0 Å². The van der Waals surface area contributed by atoms with Gasteiger partial charge in [-0.25, -0.2) is 0 Å². The highest BCUT2D eigenvalue weighted by atomic mass is 35.5. The fraction of sp³-hybridized carbons (Fsp3) is 0.600. The smallest absolute Gasteiger partial charge is 0.306 e. The number of benzene rings is 1. The maximum absolute atomic E-state index is 12.7. The molecule has 0 aliphatic carbocycles. The van der Waals surface area contributed by atoms with Gasteiger partial charge in [0, 0.05) is 30.1 Å². The van der Waals surface area contributed by atoms with Crippen molar-refractivity contribution >= 4 is 41.7 Å². The number of fused-ring (bicyclic) bond motifs is 4. The van der Waals surface area contributed by atoms with E-state index in [-0.39, 0.29) is 42.9 Å². The van der Waals surface area contributed by atoms with Gasteiger partial charge >= 0.3 is 5.97 Å². The third-order valence-electron chi connectivity index (χ3n) is 7.09. The number of unbranched alkanes of at least 4 members (excludes halogenated alkanes) is 1. The summed E-state index contributed by atoms with van der Waals surface area (Å²) in [5, 5.41) is 1.01. The van der Waals surface area contributed by atoms with Crippen LogP contribution in [0.4, 0.5) is 0 Å². The average Bonchev–Trinajstić information content (AvgIpc) is 2.80. The largest absolute Gasteiger partial charge is 0.497 e. The van der Waals surface area contributed by atoms with Crippen LogP contribution in [0.5, 0.6) is 5.75 Å². The molecule has 5 rings (SSSR count). The molecule has 0 amide bonds. The van der Waals surface area contributed by atoms with Crippen LogP contribution < -0.4 is 4.74 Å². The minimum atomic E-state index is -0.271. The Morgan fingerprint density at radius 1 is 1.25 bits per heavy atom. The molecule has 0 spiro atoms. The van der Waals surface area contributed by atoms with Gasteiger partial charge in [-0.05, 0) is 61.9 Å². The van der Waals surface area contributed by atoms with Crippen molar-refractivity contribution in [2.45, 2.75) is 64.5 Å². The maximum Gasteiger partial charge on any atom is 0.306 e. The summed E-state index contributed by atoms with van der Waals surface area (Å²) < 4.78 is 11.7. The normalized spacial score (nSPS) is 24.8. The first-order chi connectivity index (χ1) is 14.6. The molecule has 2 aromatic rings. The second kappa shape index (κ2) is 12.1. The van der Waals surface area contributed by atoms with Crippen LogP contribution >= 0.6 is 24.8 Å². The fourth-order valence-corrected chi connectivity index (χ4v) is 5.35. The van der Waals surface area contributed by atoms with Crippen molar-refractivity contribution < 1.29 is 14.3 Å². The van der Waals surface area contributed by atoms with E-state index < -0.39 is 0 Å². The maximum atomic E-state index is 12.7. The lowest BCUT2D eigenvalue weighted by atomic mass is 9.72. The van der Waals surface area contributed by atoms with Crippen molar-refractivity contribution in [1.29, 1.82) is 0 Å². The molecular weight excluding hydrogens is 447 g/mol. The third kappa shape index (κ3) is 5.49. The average molecular weight is 483 g/mol. The molecule has 3 aliphatic heterocycles. The van der Waals surface area contributed by atoms with Gasteiger partial charge < -0.3 is 9.47 Å². The number of ether oxygens (including phenoxy) is 2. The first kappa shape index (κ1) is 26.7. The van der Waals surface area contributed by atoms with Gasteiger partial charge in [0.1, 0.15) is 11.9 Å². The zero-order chi connectivity index (χ0) is 21.1. The molecular formula is C25H36Cl2N2O3. The van der Waals surface area contributed by atoms with Gasteiger partial charge in [-0.2, -0.15) is 0 Å². The SMILES string of the molecule is CCCCC(=O)OC(c1ccnc2ccc(OC)cc12)C1CC2CCN1CC2CC.Cl.Cl. The molecule has 1 aromatic carbocycles. The minimum absolute atomic E-state index is 0. The zero-order valence-corrected chi connectivity index (χ0v) is 20.9. The van der Waals surface area contributed by atoms with E-state index in [9.17, 15) is 4.79 Å². The number of rotatable bonds is 8. The van der Waals surface area contributed by atoms with Crippen molar-refractivity contribution in [3.8, 4) is 5.75 Å². The Morgan fingerprint density at radius 2 is 2.06 bits per heavy atom. The molecule has 5 nitrogen and oxygen atoms in total. The van der Waals surface area contributed by atoms with Gasteiger partial charge in [0.15, 0.2) is 0 Å². The molecule has 3 fully saturated rings. The fourth-order valence-electron chi connectivity index (χ4n) is 5.35. The Hall–Kier alpha value is -1.56. The Morgan fingerprint density at radius 3 is 2.72 bits per heavy atom. The number of carbonyl (C=O) groups excluding carboxylic acids is 1. The molecule has 0 saturated carbocycles. The van der Waals surface area contributed by atoms with Crippen LogP contribution in [0.25, 0.3) is 10.9 Å². The molecule has 3 saturated heterocycles. The lowest BCUT2D eigenvalue weighted by Gasteiger charge is -2.51. The summed E-state index contributed by atoms with van der Waals surface area (Å²) in [6.07, 6.45) is 7.48. The standard InChI is InChI=1S/C25H34N2O3.2ClH/c1-4-6-7-24(28)30-25(23-14-18-11-13-27(23)16-17(18)5-2)20-10-12-26-22-9-8-19(29-3)15-21(20)22;;/h8-10,12,15,17-18,23,25H,4-7,11,13-14,16H2,1-3H3;2*1H. The number of piperidine rings is 3. The molecule has 32 heavy (non-hydrogen) atoms. The zero-order valence-electron chi connectivity index (χ0n) is 19.3. The Balaban J connectivity index is 0.00000181. The second-order valence-corrected chi connectivity index (χ2v) is 8.81. The number of aromatic nitrogens is 1. The summed E-state index contributed by atoms with van der Waals surface area (Å²) in [5.74, 6) is 2.19. The highest BCUT2D eigenvalue weighted by Gasteiger charge is 2.44. The second-order valence-electron chi connectivity index (χ2n) is 8.81. The van der Waals surface area contributed by atoms with E-state index in [0.717, 1.165) is 66.4 Å². The summed E-state index contributed by atoms with van der Waals surface area (Å²) in [5.41, 5.74) is 1.96. The summed E-state index contributed by atoms with van der Waals surface area (Å²) >= 11 is 0. The Labute approximate surface area is 204 Å². The van der Waals surface area contributed by atoms with E-state index in [1.807, 2.05) is 30.5 Å². The molecule has 1 aromatic heterocycles. The molecule has 7 heteroatoms. The predicted molar refractivity (Wildman–Crippen MR) is 133 cm³/mol. The third-order valence-corrected chi connectivity index (χ3v) is 7.09. The molecule has 0 N–H and O–H groups in total. The van der Waals surface area contributed by atoms with Gasteiger partial charge in [0.05, 0.1) is 18.7 Å². The molecule has 2 bridgehead atoms. The van der Waals surface area contributed by atoms with E-state index in [4.69, 9.17) is 9.47 Å². The topological polar surface area (TPSA) is 51.7 Å². The number of halogens is 2. The van der Waals surface area contributed by atoms with Crippen LogP contribution in [0, 0.1) is 11.8 Å². The summed E-state index contributed by atoms with van der Waals surface area (Å²) in [7, 11) is 1.68. The number of esters is 1. The van der Waals surface area contributed by atoms with Crippen molar-refractivity contribution in [2.75, 3.05) is 20.2 Å². The number of hydrogen-bond acceptors (Lipinski definition) is 5. The van der Waals surface area contributed by atoms with E-state index >= 15 is 0 Å². The summed E-state index contributed by atoms with van der Waals surface area (Å²) in [6, 6.07) is 8.19. The van der Waals surface area contributed by atoms with Crippen LogP contribution in [0.15, 0.2) is 30.5 Å². The molecule has 0 radical (unpaired) electrons. The Kier molecular flexibility index (Phi) is 10.1. The quantitative estimate of drug-likeness (QED) is 0.432. The number of methoxy groups -OCH3 is 1. The number of hydrogen-bond donors (Lipinski definition) is 0. The Bertz CT molecular complexity index is 895. The minimum Gasteiger partial charge on any atom is -0.497 e. The number of pyridine rings is 1. The predicted octanol–water partition coefficient (Wildman–Crippen LogP) is 5.98.